The van der Waals surface area contributed by atoms with Crippen LogP contribution in [-0.4, -0.2) is 34.5 Å². The summed E-state index contributed by atoms with van der Waals surface area (Å²) >= 11 is 0. The number of carbonyl (C=O) groups is 2. The van der Waals surface area contributed by atoms with E-state index < -0.39 is 5.97 Å². The summed E-state index contributed by atoms with van der Waals surface area (Å²) in [6.45, 7) is 3.24. The van der Waals surface area contributed by atoms with Crippen molar-refractivity contribution in [3.63, 3.8) is 0 Å². The molecule has 5 nitrogen and oxygen atoms in total. The van der Waals surface area contributed by atoms with E-state index in [2.05, 4.69) is 0 Å². The van der Waals surface area contributed by atoms with Crippen LogP contribution in [-0.2, 0) is 4.79 Å². The highest BCUT2D eigenvalue weighted by Crippen LogP contribution is 2.29. The monoisotopic (exact) mass is 237 g/mol. The predicted molar refractivity (Wildman–Crippen MR) is 59.9 cm³/mol. The summed E-state index contributed by atoms with van der Waals surface area (Å²) in [6, 6.07) is 1.74. The average Bonchev–Trinajstić information content (AvgIpc) is 3.00. The van der Waals surface area contributed by atoms with Crippen LogP contribution in [0.3, 0.4) is 0 Å². The molecule has 1 heterocycles. The van der Waals surface area contributed by atoms with Crippen molar-refractivity contribution in [2.45, 2.75) is 32.7 Å². The van der Waals surface area contributed by atoms with Gasteiger partial charge in [0.25, 0.3) is 5.91 Å². The topological polar surface area (TPSA) is 70.8 Å². The highest BCUT2D eigenvalue weighted by Gasteiger charge is 2.35. The number of carbonyl (C=O) groups excluding carboxylic acids is 1. The zero-order valence-corrected chi connectivity index (χ0v) is 9.90. The van der Waals surface area contributed by atoms with E-state index in [1.54, 1.807) is 19.9 Å². The van der Waals surface area contributed by atoms with Gasteiger partial charge in [0, 0.05) is 6.04 Å². The maximum atomic E-state index is 12.2. The molecule has 0 atom stereocenters. The van der Waals surface area contributed by atoms with Crippen LogP contribution >= 0.6 is 0 Å². The molecule has 0 aromatic carbocycles. The number of aryl methyl sites for hydroxylation is 2. The van der Waals surface area contributed by atoms with Crippen molar-refractivity contribution < 1.29 is 19.1 Å². The number of rotatable bonds is 4. The van der Waals surface area contributed by atoms with Crippen molar-refractivity contribution >= 4 is 11.9 Å². The van der Waals surface area contributed by atoms with Crippen LogP contribution in [0.25, 0.3) is 0 Å². The van der Waals surface area contributed by atoms with Gasteiger partial charge in [-0.2, -0.15) is 0 Å². The Morgan fingerprint density at radius 3 is 2.53 bits per heavy atom. The molecule has 0 saturated heterocycles. The van der Waals surface area contributed by atoms with E-state index in [0.717, 1.165) is 12.8 Å². The zero-order chi connectivity index (χ0) is 12.6. The summed E-state index contributed by atoms with van der Waals surface area (Å²) in [5.74, 6) is -0.0205. The Bertz CT molecular complexity index is 459. The molecule has 0 bridgehead atoms. The van der Waals surface area contributed by atoms with Crippen LogP contribution < -0.4 is 0 Å². The zero-order valence-electron chi connectivity index (χ0n) is 9.90. The largest absolute Gasteiger partial charge is 0.480 e. The Morgan fingerprint density at radius 2 is 2.12 bits per heavy atom. The third-order valence-electron chi connectivity index (χ3n) is 2.83. The fourth-order valence-corrected chi connectivity index (χ4v) is 1.90. The first kappa shape index (κ1) is 11.7. The predicted octanol–water partition coefficient (Wildman–Crippen LogP) is 1.59. The molecule has 1 amide bonds. The normalized spacial score (nSPS) is 14.7. The molecule has 92 valence electrons. The molecule has 0 radical (unpaired) electrons. The lowest BCUT2D eigenvalue weighted by molar-refractivity contribution is -0.137. The smallest absolute Gasteiger partial charge is 0.323 e. The quantitative estimate of drug-likeness (QED) is 0.863. The minimum atomic E-state index is -0.983. The van der Waals surface area contributed by atoms with E-state index in [0.29, 0.717) is 17.1 Å². The fourth-order valence-electron chi connectivity index (χ4n) is 1.90. The number of furan rings is 1. The van der Waals surface area contributed by atoms with Crippen molar-refractivity contribution in [2.75, 3.05) is 6.54 Å². The van der Waals surface area contributed by atoms with Crippen molar-refractivity contribution in [3.05, 3.63) is 23.2 Å². The molecule has 0 unspecified atom stereocenters. The second-order valence-electron chi connectivity index (χ2n) is 4.38. The Hall–Kier alpha value is -1.78. The SMILES string of the molecule is Cc1cc(C(=O)N(CC(=O)O)C2CC2)c(C)o1. The summed E-state index contributed by atoms with van der Waals surface area (Å²) in [4.78, 5) is 24.4. The van der Waals surface area contributed by atoms with Gasteiger partial charge in [-0.15, -0.1) is 0 Å². The number of aliphatic carboxylic acids is 1. The lowest BCUT2D eigenvalue weighted by Crippen LogP contribution is -2.37. The maximum absolute atomic E-state index is 12.2. The first-order valence-electron chi connectivity index (χ1n) is 5.59. The summed E-state index contributed by atoms with van der Waals surface area (Å²) in [7, 11) is 0. The highest BCUT2D eigenvalue weighted by atomic mass is 16.4. The highest BCUT2D eigenvalue weighted by molar-refractivity contribution is 5.97. The minimum Gasteiger partial charge on any atom is -0.480 e. The molecule has 1 aliphatic carbocycles. The van der Waals surface area contributed by atoms with E-state index in [1.807, 2.05) is 0 Å². The van der Waals surface area contributed by atoms with E-state index in [9.17, 15) is 9.59 Å². The molecule has 0 aliphatic heterocycles. The summed E-state index contributed by atoms with van der Waals surface area (Å²) in [5, 5.41) is 8.81. The van der Waals surface area contributed by atoms with E-state index in [4.69, 9.17) is 9.52 Å². The molecule has 1 aromatic heterocycles. The molecule has 1 aromatic rings. The number of amides is 1. The van der Waals surface area contributed by atoms with Crippen LogP contribution in [0, 0.1) is 13.8 Å². The van der Waals surface area contributed by atoms with Crippen molar-refractivity contribution in [3.8, 4) is 0 Å². The lowest BCUT2D eigenvalue weighted by Gasteiger charge is -2.19. The number of nitrogens with zero attached hydrogens (tertiary/aromatic N) is 1. The molecule has 17 heavy (non-hydrogen) atoms. The van der Waals surface area contributed by atoms with E-state index in [-0.39, 0.29) is 18.5 Å². The Labute approximate surface area is 99.0 Å². The van der Waals surface area contributed by atoms with Gasteiger partial charge >= 0.3 is 5.97 Å². The molecule has 1 fully saturated rings. The summed E-state index contributed by atoms with van der Waals surface area (Å²) in [5.41, 5.74) is 0.468. The summed E-state index contributed by atoms with van der Waals surface area (Å²) in [6.07, 6.45) is 1.77. The van der Waals surface area contributed by atoms with E-state index in [1.165, 1.54) is 4.90 Å². The average molecular weight is 237 g/mol. The van der Waals surface area contributed by atoms with Crippen molar-refractivity contribution in [2.24, 2.45) is 0 Å². The van der Waals surface area contributed by atoms with Gasteiger partial charge < -0.3 is 14.4 Å². The lowest BCUT2D eigenvalue weighted by atomic mass is 10.2. The second kappa shape index (κ2) is 4.24. The Morgan fingerprint density at radius 1 is 1.47 bits per heavy atom. The molecule has 1 saturated carbocycles. The van der Waals surface area contributed by atoms with Gasteiger partial charge in [0.15, 0.2) is 0 Å². The standard InChI is InChI=1S/C12H15NO4/c1-7-5-10(8(2)17-7)12(16)13(6-11(14)15)9-3-4-9/h5,9H,3-4,6H2,1-2H3,(H,14,15). The third-order valence-corrected chi connectivity index (χ3v) is 2.83. The van der Waals surface area contributed by atoms with Gasteiger partial charge in [0.2, 0.25) is 0 Å². The van der Waals surface area contributed by atoms with Crippen LogP contribution in [0.1, 0.15) is 34.7 Å². The Kier molecular flexibility index (Phi) is 2.92. The minimum absolute atomic E-state index is 0.0770. The molecule has 2 rings (SSSR count). The van der Waals surface area contributed by atoms with E-state index >= 15 is 0 Å². The molecule has 5 heteroatoms. The van der Waals surface area contributed by atoms with Crippen molar-refractivity contribution in [1.29, 1.82) is 0 Å². The van der Waals surface area contributed by atoms with Gasteiger partial charge in [-0.1, -0.05) is 0 Å². The molecule has 0 spiro atoms. The first-order chi connectivity index (χ1) is 7.99. The van der Waals surface area contributed by atoms with Gasteiger partial charge in [-0.25, -0.2) is 0 Å². The molecular formula is C12H15NO4. The summed E-state index contributed by atoms with van der Waals surface area (Å²) < 4.78 is 5.30. The molecule has 1 aliphatic rings. The van der Waals surface area contributed by atoms with Gasteiger partial charge in [0.1, 0.15) is 18.1 Å². The van der Waals surface area contributed by atoms with Crippen molar-refractivity contribution in [1.82, 2.24) is 4.90 Å². The van der Waals surface area contributed by atoms with Gasteiger partial charge in [-0.3, -0.25) is 9.59 Å². The maximum Gasteiger partial charge on any atom is 0.323 e. The number of hydrogen-bond donors (Lipinski definition) is 1. The van der Waals surface area contributed by atoms with Crippen LogP contribution in [0.2, 0.25) is 0 Å². The number of hydrogen-bond acceptors (Lipinski definition) is 3. The fraction of sp³-hybridized carbons (Fsp3) is 0.500. The first-order valence-corrected chi connectivity index (χ1v) is 5.59. The van der Waals surface area contributed by atoms with Crippen LogP contribution in [0.4, 0.5) is 0 Å². The number of carboxylic acids is 1. The Balaban J connectivity index is 2.21. The van der Waals surface area contributed by atoms with Gasteiger partial charge in [0.05, 0.1) is 5.56 Å². The van der Waals surface area contributed by atoms with Crippen LogP contribution in [0.15, 0.2) is 10.5 Å². The second-order valence-corrected chi connectivity index (χ2v) is 4.38. The van der Waals surface area contributed by atoms with Crippen LogP contribution in [0.5, 0.6) is 0 Å². The molecule has 1 N–H and O–H groups in total. The van der Waals surface area contributed by atoms with Gasteiger partial charge in [-0.05, 0) is 32.8 Å². The third kappa shape index (κ3) is 2.49. The molecular weight excluding hydrogens is 222 g/mol. The number of carboxylic acid groups (broad SMARTS) is 1.